The van der Waals surface area contributed by atoms with Gasteiger partial charge in [-0.1, -0.05) is 19.4 Å². The van der Waals surface area contributed by atoms with Crippen LogP contribution in [-0.4, -0.2) is 17.4 Å². The Labute approximate surface area is 155 Å². The molecule has 5 aliphatic carbocycles. The van der Waals surface area contributed by atoms with Crippen molar-refractivity contribution in [3.8, 4) is 0 Å². The Hall–Kier alpha value is -1.12. The summed E-state index contributed by atoms with van der Waals surface area (Å²) in [6.07, 6.45) is 11.5. The van der Waals surface area contributed by atoms with E-state index in [0.29, 0.717) is 24.0 Å². The third kappa shape index (κ3) is 1.67. The second-order valence-corrected chi connectivity index (χ2v) is 10.7. The van der Waals surface area contributed by atoms with Gasteiger partial charge in [0.2, 0.25) is 0 Å². The van der Waals surface area contributed by atoms with E-state index in [2.05, 4.69) is 13.8 Å². The zero-order valence-corrected chi connectivity index (χ0v) is 16.1. The molecular weight excluding hydrogens is 324 g/mol. The quantitative estimate of drug-likeness (QED) is 0.604. The van der Waals surface area contributed by atoms with Gasteiger partial charge in [0.25, 0.3) is 0 Å². The van der Waals surface area contributed by atoms with E-state index >= 15 is 0 Å². The first-order valence-corrected chi connectivity index (χ1v) is 10.8. The van der Waals surface area contributed by atoms with Gasteiger partial charge in [-0.25, -0.2) is 0 Å². The summed E-state index contributed by atoms with van der Waals surface area (Å²) in [5, 5.41) is 0. The lowest BCUT2D eigenvalue weighted by atomic mass is 9.46. The normalized spacial score (nSPS) is 57.0. The van der Waals surface area contributed by atoms with Gasteiger partial charge in [0.15, 0.2) is 5.78 Å². The van der Waals surface area contributed by atoms with E-state index in [9.17, 15) is 9.59 Å². The van der Waals surface area contributed by atoms with Crippen LogP contribution >= 0.6 is 0 Å². The number of ether oxygens (including phenoxy) is 1. The lowest BCUT2D eigenvalue weighted by Crippen LogP contribution is -2.55. The van der Waals surface area contributed by atoms with Crippen LogP contribution in [0.4, 0.5) is 0 Å². The van der Waals surface area contributed by atoms with Crippen molar-refractivity contribution in [1.82, 2.24) is 0 Å². The molecule has 140 valence electrons. The van der Waals surface area contributed by atoms with Gasteiger partial charge < -0.3 is 4.74 Å². The molecule has 6 unspecified atom stereocenters. The van der Waals surface area contributed by atoms with E-state index in [-0.39, 0.29) is 22.4 Å². The Bertz CT molecular complexity index is 753. The highest BCUT2D eigenvalue weighted by Crippen LogP contribution is 2.75. The Balaban J connectivity index is 1.40. The lowest BCUT2D eigenvalue weighted by Gasteiger charge is -2.59. The van der Waals surface area contributed by atoms with Crippen LogP contribution in [0, 0.1) is 40.4 Å². The number of hydrogen-bond donors (Lipinski definition) is 0. The first-order valence-electron chi connectivity index (χ1n) is 10.8. The minimum absolute atomic E-state index is 0.0323. The fourth-order valence-electron chi connectivity index (χ4n) is 8.70. The summed E-state index contributed by atoms with van der Waals surface area (Å²) in [6.45, 7) is 4.93. The van der Waals surface area contributed by atoms with Gasteiger partial charge in [0.05, 0.1) is 0 Å². The van der Waals surface area contributed by atoms with Gasteiger partial charge in [-0.3, -0.25) is 9.59 Å². The molecule has 1 spiro atoms. The Morgan fingerprint density at radius 1 is 1.00 bits per heavy atom. The molecule has 0 aromatic heterocycles. The molecule has 26 heavy (non-hydrogen) atoms. The van der Waals surface area contributed by atoms with Crippen molar-refractivity contribution in [3.63, 3.8) is 0 Å². The summed E-state index contributed by atoms with van der Waals surface area (Å²) in [5.41, 5.74) is 1.78. The van der Waals surface area contributed by atoms with Crippen LogP contribution in [0.3, 0.4) is 0 Å². The molecule has 0 N–H and O–H groups in total. The van der Waals surface area contributed by atoms with Crippen LogP contribution < -0.4 is 0 Å². The average molecular weight is 354 g/mol. The highest BCUT2D eigenvalue weighted by atomic mass is 16.6. The fraction of sp³-hybridized carbons (Fsp3) is 0.826. The van der Waals surface area contributed by atoms with Gasteiger partial charge in [-0.05, 0) is 86.0 Å². The lowest BCUT2D eigenvalue weighted by molar-refractivity contribution is -0.168. The molecule has 1 heterocycles. The van der Waals surface area contributed by atoms with Crippen molar-refractivity contribution in [3.05, 3.63) is 11.6 Å². The molecular formula is C23H30O3. The summed E-state index contributed by atoms with van der Waals surface area (Å²) < 4.78 is 6.06. The Morgan fingerprint density at radius 3 is 2.58 bits per heavy atom. The molecule has 3 nitrogen and oxygen atoms in total. The number of carbonyl (C=O) groups is 2. The summed E-state index contributed by atoms with van der Waals surface area (Å²) in [7, 11) is 0. The smallest absolute Gasteiger partial charge is 0.306 e. The van der Waals surface area contributed by atoms with Crippen LogP contribution in [0.25, 0.3) is 0 Å². The van der Waals surface area contributed by atoms with Gasteiger partial charge in [-0.15, -0.1) is 0 Å². The van der Waals surface area contributed by atoms with E-state index in [0.717, 1.165) is 43.4 Å². The number of fused-ring (bicyclic) bond motifs is 9. The van der Waals surface area contributed by atoms with Crippen LogP contribution in [0.1, 0.15) is 71.6 Å². The molecule has 8 atom stereocenters. The third-order valence-electron chi connectivity index (χ3n) is 10.1. The fourth-order valence-corrected chi connectivity index (χ4v) is 8.70. The van der Waals surface area contributed by atoms with E-state index in [1.807, 2.05) is 6.08 Å². The highest BCUT2D eigenvalue weighted by molar-refractivity contribution is 5.92. The minimum atomic E-state index is -0.163. The molecule has 5 fully saturated rings. The Morgan fingerprint density at radius 2 is 1.81 bits per heavy atom. The molecule has 6 rings (SSSR count). The second-order valence-electron chi connectivity index (χ2n) is 10.7. The van der Waals surface area contributed by atoms with Crippen LogP contribution in [-0.2, 0) is 14.3 Å². The highest BCUT2D eigenvalue weighted by Gasteiger charge is 2.71. The number of allylic oxidation sites excluding steroid dienone is 1. The van der Waals surface area contributed by atoms with E-state index < -0.39 is 0 Å². The molecule has 0 bridgehead atoms. The summed E-state index contributed by atoms with van der Waals surface area (Å²) in [6, 6.07) is 0. The number of esters is 1. The predicted molar refractivity (Wildman–Crippen MR) is 97.1 cm³/mol. The van der Waals surface area contributed by atoms with Crippen LogP contribution in [0.2, 0.25) is 0 Å². The van der Waals surface area contributed by atoms with Crippen molar-refractivity contribution in [2.24, 2.45) is 40.4 Å². The zero-order valence-electron chi connectivity index (χ0n) is 16.1. The molecule has 1 saturated heterocycles. The monoisotopic (exact) mass is 354 g/mol. The molecule has 6 aliphatic rings. The predicted octanol–water partition coefficient (Wildman–Crippen LogP) is 4.45. The van der Waals surface area contributed by atoms with Crippen LogP contribution in [0.15, 0.2) is 11.6 Å². The van der Waals surface area contributed by atoms with E-state index in [4.69, 9.17) is 4.74 Å². The molecule has 4 saturated carbocycles. The van der Waals surface area contributed by atoms with Crippen LogP contribution in [0.5, 0.6) is 0 Å². The van der Waals surface area contributed by atoms with Crippen molar-refractivity contribution in [1.29, 1.82) is 0 Å². The number of carbonyl (C=O) groups excluding carboxylic acids is 2. The summed E-state index contributed by atoms with van der Waals surface area (Å²) in [4.78, 5) is 24.1. The molecule has 0 radical (unpaired) electrons. The van der Waals surface area contributed by atoms with Crippen molar-refractivity contribution >= 4 is 11.8 Å². The largest absolute Gasteiger partial charge is 0.458 e. The van der Waals surface area contributed by atoms with E-state index in [1.54, 1.807) is 0 Å². The zero-order chi connectivity index (χ0) is 17.9. The number of ketones is 1. The third-order valence-corrected chi connectivity index (χ3v) is 10.1. The van der Waals surface area contributed by atoms with E-state index in [1.165, 1.54) is 31.3 Å². The molecule has 1 aliphatic heterocycles. The summed E-state index contributed by atoms with van der Waals surface area (Å²) >= 11 is 0. The molecule has 0 aromatic rings. The Kier molecular flexibility index (Phi) is 2.84. The topological polar surface area (TPSA) is 43.4 Å². The average Bonchev–Trinajstić information content (AvgIpc) is 3.23. The molecule has 0 amide bonds. The molecule has 3 heteroatoms. The first-order chi connectivity index (χ1) is 12.4. The second kappa shape index (κ2) is 4.64. The number of hydrogen-bond acceptors (Lipinski definition) is 3. The molecule has 0 aromatic carbocycles. The van der Waals surface area contributed by atoms with Gasteiger partial charge >= 0.3 is 5.97 Å². The number of rotatable bonds is 0. The van der Waals surface area contributed by atoms with Crippen molar-refractivity contribution in [2.45, 2.75) is 77.2 Å². The minimum Gasteiger partial charge on any atom is -0.458 e. The van der Waals surface area contributed by atoms with Gasteiger partial charge in [-0.2, -0.15) is 0 Å². The maximum Gasteiger partial charge on any atom is 0.306 e. The maximum absolute atomic E-state index is 12.1. The van der Waals surface area contributed by atoms with Crippen molar-refractivity contribution in [2.75, 3.05) is 0 Å². The maximum atomic E-state index is 12.1. The van der Waals surface area contributed by atoms with Crippen molar-refractivity contribution < 1.29 is 14.3 Å². The van der Waals surface area contributed by atoms with Gasteiger partial charge in [0.1, 0.15) is 5.60 Å². The first kappa shape index (κ1) is 15.9. The van der Waals surface area contributed by atoms with Gasteiger partial charge in [0, 0.05) is 18.3 Å². The standard InChI is InChI=1S/C23H30O3/c1-21-7-3-13(24)11-18(21)14-12-15(14)20-16(21)4-8-22(2)17(20)5-9-23(22)10-6-19(25)26-23/h11,14-17,20H,3-10,12H2,1-2H3/t14-,15+,16?,17?,20?,21?,22?,23?/m0/s1. The SMILES string of the molecule is CC12CCC(=O)C=C1[C@H]1C[C@H]1C1C2CCC2(C)C1CCC21CCC(=O)O1. The summed E-state index contributed by atoms with van der Waals surface area (Å²) in [5.74, 6) is 4.09.